The third kappa shape index (κ3) is 5.45. The Balaban J connectivity index is 3.78. The van der Waals surface area contributed by atoms with Gasteiger partial charge in [-0.3, -0.25) is 0 Å². The highest BCUT2D eigenvalue weighted by Gasteiger charge is 2.09. The van der Waals surface area contributed by atoms with Crippen LogP contribution in [-0.4, -0.2) is 12.1 Å². The number of rotatable bonds is 5. The Morgan fingerprint density at radius 1 is 1.54 bits per heavy atom. The van der Waals surface area contributed by atoms with Gasteiger partial charge in [0.05, 0.1) is 6.10 Å². The minimum absolute atomic E-state index is 0.0438. The molecule has 2 heteroatoms. The Kier molecular flexibility index (Phi) is 6.29. The smallest absolute Gasteiger partial charge is 0.333 e. The van der Waals surface area contributed by atoms with Crippen molar-refractivity contribution in [2.75, 3.05) is 0 Å². The van der Waals surface area contributed by atoms with Crippen LogP contribution in [0.4, 0.5) is 0 Å². The van der Waals surface area contributed by atoms with Crippen molar-refractivity contribution in [1.29, 1.82) is 0 Å². The number of hydrogen-bond acceptors (Lipinski definition) is 2. The predicted octanol–water partition coefficient (Wildman–Crippen LogP) is 3.07. The average Bonchev–Trinajstić information content (AvgIpc) is 2.13. The maximum Gasteiger partial charge on any atom is 0.333 e. The number of ether oxygens (including phenoxy) is 1. The first-order valence-electron chi connectivity index (χ1n) is 4.95. The quantitative estimate of drug-likeness (QED) is 0.485. The van der Waals surface area contributed by atoms with Gasteiger partial charge in [0.2, 0.25) is 0 Å². The Bertz CT molecular complexity index is 183. The summed E-state index contributed by atoms with van der Waals surface area (Å²) in [6.07, 6.45) is 5.03. The molecule has 0 aromatic heterocycles. The molecule has 0 radical (unpaired) electrons. The molecular formula is C11H20O2. The van der Waals surface area contributed by atoms with Gasteiger partial charge >= 0.3 is 5.97 Å². The van der Waals surface area contributed by atoms with Crippen molar-refractivity contribution in [2.45, 2.75) is 53.1 Å². The van der Waals surface area contributed by atoms with Gasteiger partial charge in [-0.25, -0.2) is 4.79 Å². The third-order valence-electron chi connectivity index (χ3n) is 2.03. The number of hydrogen-bond donors (Lipinski definition) is 0. The maximum absolute atomic E-state index is 11.3. The summed E-state index contributed by atoms with van der Waals surface area (Å²) in [6.45, 7) is 7.68. The predicted molar refractivity (Wildman–Crippen MR) is 54.5 cm³/mol. The summed E-state index contributed by atoms with van der Waals surface area (Å²) in [4.78, 5) is 11.3. The molecule has 0 heterocycles. The van der Waals surface area contributed by atoms with Crippen LogP contribution in [0.15, 0.2) is 11.6 Å². The summed E-state index contributed by atoms with van der Waals surface area (Å²) in [5, 5.41) is 0. The lowest BCUT2D eigenvalue weighted by atomic mass is 10.2. The Labute approximate surface area is 81.0 Å². The molecule has 13 heavy (non-hydrogen) atoms. The highest BCUT2D eigenvalue weighted by Crippen LogP contribution is 2.06. The van der Waals surface area contributed by atoms with E-state index in [4.69, 9.17) is 4.74 Å². The molecule has 1 atom stereocenters. The first kappa shape index (κ1) is 12.2. The number of unbranched alkanes of at least 4 members (excludes halogenated alkanes) is 1. The van der Waals surface area contributed by atoms with Gasteiger partial charge in [0, 0.05) is 5.57 Å². The fraction of sp³-hybridized carbons (Fsp3) is 0.727. The molecule has 0 aromatic rings. The van der Waals surface area contributed by atoms with E-state index in [1.165, 1.54) is 0 Å². The second-order valence-corrected chi connectivity index (χ2v) is 3.33. The molecule has 0 saturated carbocycles. The van der Waals surface area contributed by atoms with E-state index in [2.05, 4.69) is 6.92 Å². The van der Waals surface area contributed by atoms with Crippen LogP contribution in [-0.2, 0) is 9.53 Å². The molecule has 0 aliphatic rings. The number of carbonyl (C=O) groups excluding carboxylic acids is 1. The molecule has 2 nitrogen and oxygen atoms in total. The van der Waals surface area contributed by atoms with E-state index in [1.807, 2.05) is 13.8 Å². The van der Waals surface area contributed by atoms with Gasteiger partial charge in [-0.2, -0.15) is 0 Å². The van der Waals surface area contributed by atoms with Crippen LogP contribution in [0.2, 0.25) is 0 Å². The molecule has 0 spiro atoms. The first-order valence-corrected chi connectivity index (χ1v) is 4.95. The molecular weight excluding hydrogens is 164 g/mol. The molecule has 0 N–H and O–H groups in total. The van der Waals surface area contributed by atoms with Gasteiger partial charge < -0.3 is 4.74 Å². The summed E-state index contributed by atoms with van der Waals surface area (Å²) in [7, 11) is 0. The highest BCUT2D eigenvalue weighted by atomic mass is 16.5. The second kappa shape index (κ2) is 6.70. The average molecular weight is 184 g/mol. The summed E-state index contributed by atoms with van der Waals surface area (Å²) in [5.74, 6) is -0.189. The fourth-order valence-corrected chi connectivity index (χ4v) is 0.944. The van der Waals surface area contributed by atoms with E-state index < -0.39 is 0 Å². The van der Waals surface area contributed by atoms with Crippen molar-refractivity contribution in [3.05, 3.63) is 11.6 Å². The lowest BCUT2D eigenvalue weighted by molar-refractivity contribution is -0.143. The normalized spacial score (nSPS) is 14.0. The highest BCUT2D eigenvalue weighted by molar-refractivity contribution is 5.87. The van der Waals surface area contributed by atoms with Crippen LogP contribution in [0.1, 0.15) is 47.0 Å². The first-order chi connectivity index (χ1) is 6.11. The SMILES string of the molecule is CC=C(C)C(=O)OC(C)CCCC. The molecule has 76 valence electrons. The van der Waals surface area contributed by atoms with Crippen molar-refractivity contribution in [1.82, 2.24) is 0 Å². The Hall–Kier alpha value is -0.790. The zero-order valence-electron chi connectivity index (χ0n) is 9.09. The minimum atomic E-state index is -0.189. The maximum atomic E-state index is 11.3. The fourth-order valence-electron chi connectivity index (χ4n) is 0.944. The largest absolute Gasteiger partial charge is 0.459 e. The molecule has 0 saturated heterocycles. The van der Waals surface area contributed by atoms with Crippen LogP contribution in [0.25, 0.3) is 0 Å². The topological polar surface area (TPSA) is 26.3 Å². The van der Waals surface area contributed by atoms with Crippen molar-refractivity contribution in [2.24, 2.45) is 0 Å². The van der Waals surface area contributed by atoms with E-state index in [0.29, 0.717) is 5.57 Å². The molecule has 0 fully saturated rings. The lowest BCUT2D eigenvalue weighted by Crippen LogP contribution is -2.15. The zero-order chi connectivity index (χ0) is 10.3. The molecule has 1 unspecified atom stereocenters. The lowest BCUT2D eigenvalue weighted by Gasteiger charge is -2.12. The van der Waals surface area contributed by atoms with E-state index in [9.17, 15) is 4.79 Å². The van der Waals surface area contributed by atoms with Crippen molar-refractivity contribution in [3.63, 3.8) is 0 Å². The molecule has 0 aromatic carbocycles. The van der Waals surface area contributed by atoms with Crippen LogP contribution in [0.3, 0.4) is 0 Å². The molecule has 0 rings (SSSR count). The van der Waals surface area contributed by atoms with E-state index >= 15 is 0 Å². The van der Waals surface area contributed by atoms with Crippen LogP contribution >= 0.6 is 0 Å². The standard InChI is InChI=1S/C11H20O2/c1-5-7-8-10(4)13-11(12)9(3)6-2/h6,10H,5,7-8H2,1-4H3. The number of esters is 1. The summed E-state index contributed by atoms with van der Waals surface area (Å²) in [5.41, 5.74) is 0.684. The van der Waals surface area contributed by atoms with Crippen molar-refractivity contribution >= 4 is 5.97 Å². The van der Waals surface area contributed by atoms with Gasteiger partial charge in [-0.05, 0) is 27.2 Å². The van der Waals surface area contributed by atoms with Crippen LogP contribution < -0.4 is 0 Å². The summed E-state index contributed by atoms with van der Waals surface area (Å²) >= 11 is 0. The summed E-state index contributed by atoms with van der Waals surface area (Å²) < 4.78 is 5.20. The van der Waals surface area contributed by atoms with Crippen molar-refractivity contribution < 1.29 is 9.53 Å². The van der Waals surface area contributed by atoms with Gasteiger partial charge in [0.15, 0.2) is 0 Å². The third-order valence-corrected chi connectivity index (χ3v) is 2.03. The van der Waals surface area contributed by atoms with Crippen molar-refractivity contribution in [3.8, 4) is 0 Å². The van der Waals surface area contributed by atoms with Crippen LogP contribution in [0, 0.1) is 0 Å². The van der Waals surface area contributed by atoms with Gasteiger partial charge in [0.25, 0.3) is 0 Å². The van der Waals surface area contributed by atoms with Crippen LogP contribution in [0.5, 0.6) is 0 Å². The molecule has 0 aliphatic heterocycles. The number of carbonyl (C=O) groups is 1. The van der Waals surface area contributed by atoms with Gasteiger partial charge in [0.1, 0.15) is 0 Å². The summed E-state index contributed by atoms with van der Waals surface area (Å²) in [6, 6.07) is 0. The second-order valence-electron chi connectivity index (χ2n) is 3.33. The Morgan fingerprint density at radius 2 is 2.15 bits per heavy atom. The van der Waals surface area contributed by atoms with Gasteiger partial charge in [-0.15, -0.1) is 0 Å². The minimum Gasteiger partial charge on any atom is -0.459 e. The van der Waals surface area contributed by atoms with E-state index in [1.54, 1.807) is 13.0 Å². The monoisotopic (exact) mass is 184 g/mol. The Morgan fingerprint density at radius 3 is 2.62 bits per heavy atom. The van der Waals surface area contributed by atoms with E-state index in [0.717, 1.165) is 19.3 Å². The van der Waals surface area contributed by atoms with Gasteiger partial charge in [-0.1, -0.05) is 25.8 Å². The molecule has 0 aliphatic carbocycles. The molecule has 0 bridgehead atoms. The zero-order valence-corrected chi connectivity index (χ0v) is 9.09. The molecule has 0 amide bonds. The number of allylic oxidation sites excluding steroid dienone is 1. The van der Waals surface area contributed by atoms with E-state index in [-0.39, 0.29) is 12.1 Å².